The summed E-state index contributed by atoms with van der Waals surface area (Å²) in [4.78, 5) is 0. The Kier molecular flexibility index (Phi) is 3.99. The average Bonchev–Trinajstić information content (AvgIpc) is 2.72. The maximum absolute atomic E-state index is 9.30. The predicted octanol–water partition coefficient (Wildman–Crippen LogP) is 2.61. The highest BCUT2D eigenvalue weighted by Crippen LogP contribution is 2.18. The monoisotopic (exact) mass is 265 g/mol. The minimum Gasteiger partial charge on any atom is -0.390 e. The zero-order chi connectivity index (χ0) is 13.1. The third-order valence-electron chi connectivity index (χ3n) is 2.67. The summed E-state index contributed by atoms with van der Waals surface area (Å²) in [7, 11) is 0. The van der Waals surface area contributed by atoms with Crippen molar-refractivity contribution in [3.63, 3.8) is 0 Å². The van der Waals surface area contributed by atoms with Gasteiger partial charge >= 0.3 is 0 Å². The Hall–Kier alpha value is -1.39. The van der Waals surface area contributed by atoms with Gasteiger partial charge in [0, 0.05) is 5.02 Å². The molecule has 4 nitrogen and oxygen atoms in total. The highest BCUT2D eigenvalue weighted by molar-refractivity contribution is 6.30. The lowest BCUT2D eigenvalue weighted by Crippen LogP contribution is -2.07. The Morgan fingerprint density at radius 2 is 1.94 bits per heavy atom. The first-order valence-corrected chi connectivity index (χ1v) is 6.30. The molecular weight excluding hydrogens is 250 g/mol. The molecular formula is C13H16ClN3O. The van der Waals surface area contributed by atoms with Crippen LogP contribution in [0.25, 0.3) is 5.69 Å². The van der Waals surface area contributed by atoms with Crippen LogP contribution in [0.15, 0.2) is 24.3 Å². The lowest BCUT2D eigenvalue weighted by molar-refractivity contribution is 0.275. The first-order chi connectivity index (χ1) is 8.61. The third kappa shape index (κ3) is 2.71. The van der Waals surface area contributed by atoms with Gasteiger partial charge in [0.05, 0.1) is 18.0 Å². The molecule has 1 aromatic carbocycles. The van der Waals surface area contributed by atoms with Crippen LogP contribution in [0.4, 0.5) is 0 Å². The van der Waals surface area contributed by atoms with Gasteiger partial charge in [-0.3, -0.25) is 0 Å². The number of aromatic nitrogens is 3. The molecule has 1 aromatic heterocycles. The summed E-state index contributed by atoms with van der Waals surface area (Å²) in [5.41, 5.74) is 2.50. The van der Waals surface area contributed by atoms with Crippen LogP contribution in [-0.4, -0.2) is 20.1 Å². The fourth-order valence-electron chi connectivity index (χ4n) is 1.84. The number of halogens is 1. The molecule has 0 radical (unpaired) electrons. The summed E-state index contributed by atoms with van der Waals surface area (Å²) in [6.07, 6.45) is 0.825. The molecule has 2 rings (SSSR count). The first kappa shape index (κ1) is 13.1. The van der Waals surface area contributed by atoms with E-state index in [1.165, 1.54) is 0 Å². The molecule has 18 heavy (non-hydrogen) atoms. The van der Waals surface area contributed by atoms with Crippen LogP contribution in [0.3, 0.4) is 0 Å². The number of aliphatic hydroxyl groups is 1. The van der Waals surface area contributed by atoms with Crippen molar-refractivity contribution in [2.75, 3.05) is 0 Å². The van der Waals surface area contributed by atoms with E-state index in [-0.39, 0.29) is 6.61 Å². The summed E-state index contributed by atoms with van der Waals surface area (Å²) in [5.74, 6) is 0.472. The Morgan fingerprint density at radius 3 is 2.50 bits per heavy atom. The average molecular weight is 266 g/mol. The van der Waals surface area contributed by atoms with Crippen molar-refractivity contribution in [3.05, 3.63) is 40.7 Å². The molecule has 0 spiro atoms. The van der Waals surface area contributed by atoms with Gasteiger partial charge in [0.15, 0.2) is 0 Å². The van der Waals surface area contributed by atoms with E-state index >= 15 is 0 Å². The topological polar surface area (TPSA) is 50.9 Å². The molecule has 0 aliphatic rings. The van der Waals surface area contributed by atoms with Crippen molar-refractivity contribution in [1.82, 2.24) is 15.0 Å². The molecule has 96 valence electrons. The van der Waals surface area contributed by atoms with E-state index in [1.807, 2.05) is 24.3 Å². The van der Waals surface area contributed by atoms with E-state index in [2.05, 4.69) is 24.2 Å². The summed E-state index contributed by atoms with van der Waals surface area (Å²) >= 11 is 5.87. The molecule has 5 heteroatoms. The Bertz CT molecular complexity index is 520. The molecule has 0 aliphatic carbocycles. The van der Waals surface area contributed by atoms with Gasteiger partial charge in [0.25, 0.3) is 0 Å². The maximum Gasteiger partial charge on any atom is 0.112 e. The van der Waals surface area contributed by atoms with Gasteiger partial charge in [-0.25, -0.2) is 4.68 Å². The van der Waals surface area contributed by atoms with Crippen molar-refractivity contribution >= 4 is 11.6 Å². The molecule has 1 N–H and O–H groups in total. The van der Waals surface area contributed by atoms with Gasteiger partial charge in [-0.15, -0.1) is 5.10 Å². The maximum atomic E-state index is 9.30. The van der Waals surface area contributed by atoms with E-state index in [4.69, 9.17) is 11.6 Å². The van der Waals surface area contributed by atoms with Crippen LogP contribution < -0.4 is 0 Å². The zero-order valence-corrected chi connectivity index (χ0v) is 11.2. The zero-order valence-electron chi connectivity index (χ0n) is 10.5. The van der Waals surface area contributed by atoms with Crippen LogP contribution in [0, 0.1) is 5.92 Å². The van der Waals surface area contributed by atoms with Crippen molar-refractivity contribution < 1.29 is 5.11 Å². The number of aliphatic hydroxyl groups excluding tert-OH is 1. The van der Waals surface area contributed by atoms with Gasteiger partial charge in [0.2, 0.25) is 0 Å². The van der Waals surface area contributed by atoms with Crippen molar-refractivity contribution in [3.8, 4) is 5.69 Å². The quantitative estimate of drug-likeness (QED) is 0.925. The fourth-order valence-corrected chi connectivity index (χ4v) is 1.96. The number of hydrogen-bond acceptors (Lipinski definition) is 3. The van der Waals surface area contributed by atoms with E-state index in [1.54, 1.807) is 4.68 Å². The normalized spacial score (nSPS) is 11.2. The lowest BCUT2D eigenvalue weighted by Gasteiger charge is -2.09. The summed E-state index contributed by atoms with van der Waals surface area (Å²) in [6, 6.07) is 7.41. The van der Waals surface area contributed by atoms with Crippen LogP contribution in [0.2, 0.25) is 5.02 Å². The molecule has 2 aromatic rings. The molecule has 0 atom stereocenters. The standard InChI is InChI=1S/C13H16ClN3O/c1-9(2)7-13-12(8-18)15-16-17(13)11-5-3-10(14)4-6-11/h3-6,9,18H,7-8H2,1-2H3. The first-order valence-electron chi connectivity index (χ1n) is 5.92. The Morgan fingerprint density at radius 1 is 1.28 bits per heavy atom. The lowest BCUT2D eigenvalue weighted by atomic mass is 10.1. The number of nitrogens with zero attached hydrogens (tertiary/aromatic N) is 3. The predicted molar refractivity (Wildman–Crippen MR) is 70.8 cm³/mol. The van der Waals surface area contributed by atoms with Crippen LogP contribution >= 0.6 is 11.6 Å². The smallest absolute Gasteiger partial charge is 0.112 e. The van der Waals surface area contributed by atoms with E-state index in [0.29, 0.717) is 16.6 Å². The second-order valence-electron chi connectivity index (χ2n) is 4.63. The second-order valence-corrected chi connectivity index (χ2v) is 5.06. The molecule has 1 heterocycles. The molecule has 0 bridgehead atoms. The van der Waals surface area contributed by atoms with Gasteiger partial charge in [0.1, 0.15) is 5.69 Å². The highest BCUT2D eigenvalue weighted by Gasteiger charge is 2.14. The number of rotatable bonds is 4. The van der Waals surface area contributed by atoms with Crippen molar-refractivity contribution in [2.45, 2.75) is 26.9 Å². The molecule has 0 saturated heterocycles. The fraction of sp³-hybridized carbons (Fsp3) is 0.385. The van der Waals surface area contributed by atoms with Crippen molar-refractivity contribution in [2.24, 2.45) is 5.92 Å². The van der Waals surface area contributed by atoms with Gasteiger partial charge in [-0.05, 0) is 36.6 Å². The van der Waals surface area contributed by atoms with Crippen LogP contribution in [0.5, 0.6) is 0 Å². The Labute approximate surface area is 111 Å². The third-order valence-corrected chi connectivity index (χ3v) is 2.92. The minimum absolute atomic E-state index is 0.0877. The van der Waals surface area contributed by atoms with Gasteiger partial charge < -0.3 is 5.11 Å². The molecule has 0 fully saturated rings. The molecule has 0 amide bonds. The SMILES string of the molecule is CC(C)Cc1c(CO)nnn1-c1ccc(Cl)cc1. The van der Waals surface area contributed by atoms with Gasteiger partial charge in [-0.1, -0.05) is 30.7 Å². The van der Waals surface area contributed by atoms with E-state index in [9.17, 15) is 5.11 Å². The van der Waals surface area contributed by atoms with Gasteiger partial charge in [-0.2, -0.15) is 0 Å². The Balaban J connectivity index is 2.43. The summed E-state index contributed by atoms with van der Waals surface area (Å²) in [5, 5.41) is 18.1. The summed E-state index contributed by atoms with van der Waals surface area (Å²) in [6.45, 7) is 4.16. The number of benzene rings is 1. The van der Waals surface area contributed by atoms with E-state index < -0.39 is 0 Å². The molecule has 0 unspecified atom stereocenters. The minimum atomic E-state index is -0.0877. The van der Waals surface area contributed by atoms with Crippen LogP contribution in [0.1, 0.15) is 25.2 Å². The molecule has 0 saturated carbocycles. The molecule has 0 aliphatic heterocycles. The number of hydrogen-bond donors (Lipinski definition) is 1. The highest BCUT2D eigenvalue weighted by atomic mass is 35.5. The largest absolute Gasteiger partial charge is 0.390 e. The van der Waals surface area contributed by atoms with E-state index in [0.717, 1.165) is 17.8 Å². The van der Waals surface area contributed by atoms with Crippen LogP contribution in [-0.2, 0) is 13.0 Å². The second kappa shape index (κ2) is 5.50. The van der Waals surface area contributed by atoms with Crippen molar-refractivity contribution in [1.29, 1.82) is 0 Å². The summed E-state index contributed by atoms with van der Waals surface area (Å²) < 4.78 is 1.77.